The maximum absolute atomic E-state index is 12.1. The minimum absolute atomic E-state index is 0.176. The zero-order valence-electron chi connectivity index (χ0n) is 11.1. The van der Waals surface area contributed by atoms with Gasteiger partial charge in [0.2, 0.25) is 5.91 Å². The first kappa shape index (κ1) is 14.5. The smallest absolute Gasteiger partial charge is 0.239 e. The van der Waals surface area contributed by atoms with Crippen LogP contribution >= 0.6 is 0 Å². The van der Waals surface area contributed by atoms with Crippen LogP contribution in [0.15, 0.2) is 0 Å². The minimum Gasteiger partial charge on any atom is -0.392 e. The van der Waals surface area contributed by atoms with Crippen molar-refractivity contribution in [3.8, 4) is 0 Å². The van der Waals surface area contributed by atoms with Crippen molar-refractivity contribution < 1.29 is 9.90 Å². The topological polar surface area (TPSA) is 52.6 Å². The van der Waals surface area contributed by atoms with Crippen molar-refractivity contribution in [1.29, 1.82) is 0 Å². The van der Waals surface area contributed by atoms with E-state index in [0.717, 1.165) is 32.4 Å². The molecule has 17 heavy (non-hydrogen) atoms. The number of aliphatic hydroxyl groups excluding tert-OH is 1. The number of nitrogens with zero attached hydrogens (tertiary/aromatic N) is 1. The Kier molecular flexibility index (Phi) is 6.52. The van der Waals surface area contributed by atoms with Gasteiger partial charge in [-0.25, -0.2) is 0 Å². The highest BCUT2D eigenvalue weighted by molar-refractivity contribution is 5.81. The van der Waals surface area contributed by atoms with E-state index in [1.807, 2.05) is 18.7 Å². The van der Waals surface area contributed by atoms with Gasteiger partial charge in [-0.05, 0) is 26.2 Å². The van der Waals surface area contributed by atoms with E-state index in [4.69, 9.17) is 0 Å². The second-order valence-electron chi connectivity index (χ2n) is 4.93. The molecule has 100 valence electrons. The van der Waals surface area contributed by atoms with Crippen molar-refractivity contribution in [2.24, 2.45) is 0 Å². The van der Waals surface area contributed by atoms with E-state index in [1.165, 1.54) is 12.8 Å². The van der Waals surface area contributed by atoms with Crippen LogP contribution in [0.5, 0.6) is 0 Å². The molecule has 1 aliphatic rings. The molecular weight excluding hydrogens is 216 g/mol. The third-order valence-corrected chi connectivity index (χ3v) is 3.42. The summed E-state index contributed by atoms with van der Waals surface area (Å²) in [5, 5.41) is 12.6. The van der Waals surface area contributed by atoms with Crippen molar-refractivity contribution in [1.82, 2.24) is 10.2 Å². The first-order valence-electron chi connectivity index (χ1n) is 6.85. The number of carbonyl (C=O) groups is 1. The van der Waals surface area contributed by atoms with Gasteiger partial charge in [0.1, 0.15) is 0 Å². The lowest BCUT2D eigenvalue weighted by molar-refractivity contribution is -0.133. The summed E-state index contributed by atoms with van der Waals surface area (Å²) in [5.41, 5.74) is 0. The number of hydrogen-bond donors (Lipinski definition) is 2. The summed E-state index contributed by atoms with van der Waals surface area (Å²) in [6.07, 6.45) is 5.08. The first-order chi connectivity index (χ1) is 8.15. The molecule has 0 radical (unpaired) electrons. The number of amides is 1. The summed E-state index contributed by atoms with van der Waals surface area (Å²) in [6.45, 7) is 6.10. The van der Waals surface area contributed by atoms with Gasteiger partial charge in [0, 0.05) is 19.6 Å². The summed E-state index contributed by atoms with van der Waals surface area (Å²) in [4.78, 5) is 14.1. The zero-order chi connectivity index (χ0) is 12.7. The Morgan fingerprint density at radius 1 is 1.29 bits per heavy atom. The highest BCUT2D eigenvalue weighted by Gasteiger charge is 2.21. The van der Waals surface area contributed by atoms with Crippen molar-refractivity contribution in [2.75, 3.05) is 19.6 Å². The first-order valence-corrected chi connectivity index (χ1v) is 6.85. The molecule has 1 rings (SSSR count). The van der Waals surface area contributed by atoms with Gasteiger partial charge in [-0.2, -0.15) is 0 Å². The van der Waals surface area contributed by atoms with Crippen molar-refractivity contribution in [3.05, 3.63) is 0 Å². The lowest BCUT2D eigenvalue weighted by Gasteiger charge is -2.25. The molecule has 1 fully saturated rings. The van der Waals surface area contributed by atoms with E-state index < -0.39 is 0 Å². The summed E-state index contributed by atoms with van der Waals surface area (Å²) in [7, 11) is 0. The molecule has 0 bridgehead atoms. The van der Waals surface area contributed by atoms with E-state index in [9.17, 15) is 9.90 Å². The molecule has 1 amide bonds. The van der Waals surface area contributed by atoms with Gasteiger partial charge >= 0.3 is 0 Å². The third kappa shape index (κ3) is 5.04. The average Bonchev–Trinajstić information content (AvgIpc) is 2.63. The molecule has 1 saturated heterocycles. The molecule has 0 saturated carbocycles. The molecule has 0 aliphatic carbocycles. The molecule has 4 heteroatoms. The predicted octanol–water partition coefficient (Wildman–Crippen LogP) is 1.14. The zero-order valence-corrected chi connectivity index (χ0v) is 11.1. The maximum Gasteiger partial charge on any atom is 0.239 e. The molecule has 1 aliphatic heterocycles. The highest BCUT2D eigenvalue weighted by Crippen LogP contribution is 2.10. The number of hydrogen-bond acceptors (Lipinski definition) is 3. The largest absolute Gasteiger partial charge is 0.392 e. The van der Waals surface area contributed by atoms with Crippen LogP contribution in [0.3, 0.4) is 0 Å². The maximum atomic E-state index is 12.1. The highest BCUT2D eigenvalue weighted by atomic mass is 16.3. The standard InChI is InChI=1S/C13H26N2O2/c1-3-12(16)10-14-11(2)13(17)15-8-6-4-5-7-9-15/h11-12,14,16H,3-10H2,1-2H3. The number of rotatable bonds is 5. The average molecular weight is 242 g/mol. The molecule has 2 unspecified atom stereocenters. The summed E-state index contributed by atoms with van der Waals surface area (Å²) in [5.74, 6) is 0.176. The minimum atomic E-state index is -0.352. The van der Waals surface area contributed by atoms with Gasteiger partial charge in [-0.1, -0.05) is 19.8 Å². The monoisotopic (exact) mass is 242 g/mol. The lowest BCUT2D eigenvalue weighted by Crippen LogP contribution is -2.47. The van der Waals surface area contributed by atoms with Crippen LogP contribution in [0.4, 0.5) is 0 Å². The van der Waals surface area contributed by atoms with Gasteiger partial charge in [0.25, 0.3) is 0 Å². The quantitative estimate of drug-likeness (QED) is 0.760. The van der Waals surface area contributed by atoms with E-state index >= 15 is 0 Å². The SMILES string of the molecule is CCC(O)CNC(C)C(=O)N1CCCCCC1. The third-order valence-electron chi connectivity index (χ3n) is 3.42. The Morgan fingerprint density at radius 3 is 2.41 bits per heavy atom. The van der Waals surface area contributed by atoms with Crippen LogP contribution < -0.4 is 5.32 Å². The molecule has 2 N–H and O–H groups in total. The molecular formula is C13H26N2O2. The molecule has 2 atom stereocenters. The Bertz CT molecular complexity index is 225. The van der Waals surface area contributed by atoms with Crippen LogP contribution in [0.1, 0.15) is 46.0 Å². The summed E-state index contributed by atoms with van der Waals surface area (Å²) < 4.78 is 0. The van der Waals surface area contributed by atoms with Gasteiger partial charge in [-0.15, -0.1) is 0 Å². The molecule has 0 aromatic rings. The van der Waals surface area contributed by atoms with Crippen LogP contribution in [0.25, 0.3) is 0 Å². The number of nitrogens with one attached hydrogen (secondary N) is 1. The Hall–Kier alpha value is -0.610. The van der Waals surface area contributed by atoms with Crippen molar-refractivity contribution in [2.45, 2.75) is 58.1 Å². The van der Waals surface area contributed by atoms with E-state index in [0.29, 0.717) is 6.54 Å². The van der Waals surface area contributed by atoms with Crippen molar-refractivity contribution in [3.63, 3.8) is 0 Å². The predicted molar refractivity (Wildman–Crippen MR) is 68.8 cm³/mol. The second-order valence-corrected chi connectivity index (χ2v) is 4.93. The molecule has 0 aromatic heterocycles. The Balaban J connectivity index is 2.33. The van der Waals surface area contributed by atoms with Crippen LogP contribution in [0, 0.1) is 0 Å². The van der Waals surface area contributed by atoms with Gasteiger partial charge in [0.15, 0.2) is 0 Å². The fraction of sp³-hybridized carbons (Fsp3) is 0.923. The van der Waals surface area contributed by atoms with Crippen LogP contribution in [-0.2, 0) is 4.79 Å². The molecule has 4 nitrogen and oxygen atoms in total. The van der Waals surface area contributed by atoms with Crippen LogP contribution in [-0.4, -0.2) is 47.7 Å². The Labute approximate surface area is 104 Å². The molecule has 1 heterocycles. The second kappa shape index (κ2) is 7.67. The summed E-state index contributed by atoms with van der Waals surface area (Å²) in [6, 6.07) is -0.186. The van der Waals surface area contributed by atoms with Crippen LogP contribution in [0.2, 0.25) is 0 Å². The molecule has 0 aromatic carbocycles. The molecule has 0 spiro atoms. The fourth-order valence-electron chi connectivity index (χ4n) is 2.11. The van der Waals surface area contributed by atoms with Crippen molar-refractivity contribution >= 4 is 5.91 Å². The normalized spacial score (nSPS) is 20.8. The Morgan fingerprint density at radius 2 is 1.88 bits per heavy atom. The lowest BCUT2D eigenvalue weighted by atomic mass is 10.2. The number of carbonyl (C=O) groups excluding carboxylic acids is 1. The van der Waals surface area contributed by atoms with E-state index in [-0.39, 0.29) is 18.1 Å². The fourth-order valence-corrected chi connectivity index (χ4v) is 2.11. The summed E-state index contributed by atoms with van der Waals surface area (Å²) >= 11 is 0. The van der Waals surface area contributed by atoms with E-state index in [2.05, 4.69) is 5.32 Å². The van der Waals surface area contributed by atoms with Gasteiger partial charge in [-0.3, -0.25) is 4.79 Å². The number of aliphatic hydroxyl groups is 1. The van der Waals surface area contributed by atoms with Gasteiger partial charge < -0.3 is 15.3 Å². The number of likely N-dealkylation sites (tertiary alicyclic amines) is 1. The van der Waals surface area contributed by atoms with E-state index in [1.54, 1.807) is 0 Å². The van der Waals surface area contributed by atoms with Gasteiger partial charge in [0.05, 0.1) is 12.1 Å².